The summed E-state index contributed by atoms with van der Waals surface area (Å²) >= 11 is 3.34. The van der Waals surface area contributed by atoms with E-state index in [0.29, 0.717) is 28.8 Å². The predicted molar refractivity (Wildman–Crippen MR) is 75.1 cm³/mol. The first-order valence-electron chi connectivity index (χ1n) is 6.25. The summed E-state index contributed by atoms with van der Waals surface area (Å²) < 4.78 is 5.83. The van der Waals surface area contributed by atoms with Crippen LogP contribution in [0.1, 0.15) is 30.1 Å². The summed E-state index contributed by atoms with van der Waals surface area (Å²) in [5.74, 6) is 0.641. The van der Waals surface area contributed by atoms with Gasteiger partial charge in [-0.05, 0) is 40.0 Å². The number of nitrogens with zero attached hydrogens (tertiary/aromatic N) is 1. The number of hydrogen-bond donors (Lipinski definition) is 0. The molecule has 2 amide bonds. The zero-order valence-corrected chi connectivity index (χ0v) is 12.6. The van der Waals surface area contributed by atoms with E-state index >= 15 is 0 Å². The topological polar surface area (TPSA) is 46.6 Å². The monoisotopic (exact) mass is 325 g/mol. The Morgan fingerprint density at radius 2 is 2.26 bits per heavy atom. The molecule has 0 aliphatic carbocycles. The molecule has 1 fully saturated rings. The average Bonchev–Trinajstić information content (AvgIpc) is 2.79. The lowest BCUT2D eigenvalue weighted by atomic mass is 10.1. The maximum atomic E-state index is 12.3. The van der Waals surface area contributed by atoms with Gasteiger partial charge in [-0.15, -0.1) is 0 Å². The van der Waals surface area contributed by atoms with Crippen molar-refractivity contribution in [1.82, 2.24) is 4.90 Å². The van der Waals surface area contributed by atoms with E-state index in [4.69, 9.17) is 4.74 Å². The molecule has 5 heteroatoms. The van der Waals surface area contributed by atoms with Gasteiger partial charge >= 0.3 is 0 Å². The standard InChI is InChI=1S/C14H16BrNO3/c1-3-9-6-13(17)16(8-9)14(18)10-4-5-12(19-2)11(15)7-10/h4-5,7,9H,3,6,8H2,1-2H3. The van der Waals surface area contributed by atoms with Crippen LogP contribution < -0.4 is 4.74 Å². The second kappa shape index (κ2) is 5.74. The molecule has 2 rings (SSSR count). The number of ether oxygens (including phenoxy) is 1. The van der Waals surface area contributed by atoms with Gasteiger partial charge in [-0.1, -0.05) is 13.3 Å². The van der Waals surface area contributed by atoms with Gasteiger partial charge in [0.1, 0.15) is 5.75 Å². The number of halogens is 1. The van der Waals surface area contributed by atoms with Gasteiger partial charge in [-0.25, -0.2) is 0 Å². The highest BCUT2D eigenvalue weighted by Gasteiger charge is 2.33. The van der Waals surface area contributed by atoms with Crippen LogP contribution in [0.5, 0.6) is 5.75 Å². The van der Waals surface area contributed by atoms with Crippen LogP contribution >= 0.6 is 15.9 Å². The van der Waals surface area contributed by atoms with E-state index in [9.17, 15) is 9.59 Å². The van der Waals surface area contributed by atoms with Crippen molar-refractivity contribution < 1.29 is 14.3 Å². The highest BCUT2D eigenvalue weighted by Crippen LogP contribution is 2.28. The van der Waals surface area contributed by atoms with E-state index < -0.39 is 0 Å². The molecule has 1 aromatic carbocycles. The zero-order valence-electron chi connectivity index (χ0n) is 11.0. The van der Waals surface area contributed by atoms with E-state index in [1.807, 2.05) is 6.92 Å². The zero-order chi connectivity index (χ0) is 14.0. The summed E-state index contributed by atoms with van der Waals surface area (Å²) in [6.07, 6.45) is 1.39. The highest BCUT2D eigenvalue weighted by atomic mass is 79.9. The van der Waals surface area contributed by atoms with Crippen molar-refractivity contribution in [3.05, 3.63) is 28.2 Å². The number of benzene rings is 1. The number of rotatable bonds is 3. The van der Waals surface area contributed by atoms with Crippen LogP contribution in [-0.4, -0.2) is 30.4 Å². The molecule has 1 atom stereocenters. The Kier molecular flexibility index (Phi) is 4.24. The summed E-state index contributed by atoms with van der Waals surface area (Å²) in [5.41, 5.74) is 0.498. The first-order valence-corrected chi connectivity index (χ1v) is 7.04. The third kappa shape index (κ3) is 2.81. The number of amides is 2. The van der Waals surface area contributed by atoms with Crippen LogP contribution in [0, 0.1) is 5.92 Å². The number of carbonyl (C=O) groups is 2. The fraction of sp³-hybridized carbons (Fsp3) is 0.429. The summed E-state index contributed by atoms with van der Waals surface area (Å²) in [4.78, 5) is 25.5. The van der Waals surface area contributed by atoms with Gasteiger partial charge in [-0.2, -0.15) is 0 Å². The second-order valence-electron chi connectivity index (χ2n) is 4.64. The Bertz CT molecular complexity index is 515. The van der Waals surface area contributed by atoms with Crippen molar-refractivity contribution in [2.24, 2.45) is 5.92 Å². The molecule has 19 heavy (non-hydrogen) atoms. The smallest absolute Gasteiger partial charge is 0.260 e. The fourth-order valence-corrected chi connectivity index (χ4v) is 2.75. The van der Waals surface area contributed by atoms with Crippen molar-refractivity contribution in [1.29, 1.82) is 0 Å². The van der Waals surface area contributed by atoms with Crippen LogP contribution in [0.2, 0.25) is 0 Å². The van der Waals surface area contributed by atoms with Gasteiger partial charge in [0.25, 0.3) is 5.91 Å². The second-order valence-corrected chi connectivity index (χ2v) is 5.49. The molecule has 1 aromatic rings. The SMILES string of the molecule is CCC1CC(=O)N(C(=O)c2ccc(OC)c(Br)c2)C1. The molecule has 1 aliphatic rings. The molecule has 0 radical (unpaired) electrons. The third-order valence-corrected chi connectivity index (χ3v) is 4.05. The Morgan fingerprint density at radius 1 is 1.53 bits per heavy atom. The van der Waals surface area contributed by atoms with E-state index in [-0.39, 0.29) is 17.7 Å². The Labute approximate surface area is 120 Å². The Balaban J connectivity index is 2.20. The molecular weight excluding hydrogens is 310 g/mol. The summed E-state index contributed by atoms with van der Waals surface area (Å²) in [7, 11) is 1.57. The quantitative estimate of drug-likeness (QED) is 0.803. The number of carbonyl (C=O) groups excluding carboxylic acids is 2. The van der Waals surface area contributed by atoms with E-state index in [2.05, 4.69) is 15.9 Å². The molecule has 1 heterocycles. The Morgan fingerprint density at radius 3 is 2.79 bits per heavy atom. The lowest BCUT2D eigenvalue weighted by Gasteiger charge is -2.15. The molecule has 0 spiro atoms. The summed E-state index contributed by atoms with van der Waals surface area (Å²) in [5, 5.41) is 0. The molecule has 1 saturated heterocycles. The molecular formula is C14H16BrNO3. The maximum absolute atomic E-state index is 12.3. The average molecular weight is 326 g/mol. The number of likely N-dealkylation sites (tertiary alicyclic amines) is 1. The minimum atomic E-state index is -0.232. The predicted octanol–water partition coefficient (Wildman–Crippen LogP) is 2.86. The van der Waals surface area contributed by atoms with Gasteiger partial charge < -0.3 is 4.74 Å². The fourth-order valence-electron chi connectivity index (χ4n) is 2.21. The number of methoxy groups -OCH3 is 1. The van der Waals surface area contributed by atoms with Crippen molar-refractivity contribution in [2.45, 2.75) is 19.8 Å². The van der Waals surface area contributed by atoms with Crippen LogP contribution in [0.25, 0.3) is 0 Å². The molecule has 1 unspecified atom stereocenters. The lowest BCUT2D eigenvalue weighted by molar-refractivity contribution is -0.125. The first kappa shape index (κ1) is 14.1. The van der Waals surface area contributed by atoms with E-state index in [0.717, 1.165) is 6.42 Å². The lowest BCUT2D eigenvalue weighted by Crippen LogP contribution is -2.32. The van der Waals surface area contributed by atoms with Crippen LogP contribution in [-0.2, 0) is 4.79 Å². The molecule has 4 nitrogen and oxygen atoms in total. The van der Waals surface area contributed by atoms with Crippen molar-refractivity contribution in [2.75, 3.05) is 13.7 Å². The summed E-state index contributed by atoms with van der Waals surface area (Å²) in [6, 6.07) is 5.08. The van der Waals surface area contributed by atoms with Gasteiger partial charge in [0.15, 0.2) is 0 Å². The van der Waals surface area contributed by atoms with Gasteiger partial charge in [-0.3, -0.25) is 14.5 Å². The van der Waals surface area contributed by atoms with E-state index in [1.54, 1.807) is 25.3 Å². The molecule has 0 saturated carbocycles. The van der Waals surface area contributed by atoms with Crippen LogP contribution in [0.3, 0.4) is 0 Å². The van der Waals surface area contributed by atoms with E-state index in [1.165, 1.54) is 4.90 Å². The molecule has 0 bridgehead atoms. The molecule has 102 valence electrons. The molecule has 1 aliphatic heterocycles. The van der Waals surface area contributed by atoms with Gasteiger partial charge in [0.05, 0.1) is 11.6 Å². The minimum absolute atomic E-state index is 0.0798. The Hall–Kier alpha value is -1.36. The van der Waals surface area contributed by atoms with Crippen LogP contribution in [0.4, 0.5) is 0 Å². The first-order chi connectivity index (χ1) is 9.06. The molecule has 0 aromatic heterocycles. The maximum Gasteiger partial charge on any atom is 0.260 e. The summed E-state index contributed by atoms with van der Waals surface area (Å²) in [6.45, 7) is 2.56. The normalized spacial score (nSPS) is 18.8. The largest absolute Gasteiger partial charge is 0.496 e. The van der Waals surface area contributed by atoms with Crippen molar-refractivity contribution in [3.8, 4) is 5.75 Å². The van der Waals surface area contributed by atoms with Gasteiger partial charge in [0, 0.05) is 18.5 Å². The highest BCUT2D eigenvalue weighted by molar-refractivity contribution is 9.10. The van der Waals surface area contributed by atoms with Crippen LogP contribution in [0.15, 0.2) is 22.7 Å². The number of imide groups is 1. The van der Waals surface area contributed by atoms with Gasteiger partial charge in [0.2, 0.25) is 5.91 Å². The van der Waals surface area contributed by atoms with Crippen molar-refractivity contribution >= 4 is 27.7 Å². The third-order valence-electron chi connectivity index (χ3n) is 3.43. The molecule has 0 N–H and O–H groups in total. The number of hydrogen-bond acceptors (Lipinski definition) is 3. The van der Waals surface area contributed by atoms with Crippen molar-refractivity contribution in [3.63, 3.8) is 0 Å². The minimum Gasteiger partial charge on any atom is -0.496 e.